The third kappa shape index (κ3) is 2.73. The van der Waals surface area contributed by atoms with Crippen LogP contribution in [-0.2, 0) is 6.54 Å². The van der Waals surface area contributed by atoms with Gasteiger partial charge in [0.2, 0.25) is 0 Å². The molecule has 1 fully saturated rings. The molecular weight excluding hydrogens is 266 g/mol. The minimum Gasteiger partial charge on any atom is -0.454 e. The zero-order valence-corrected chi connectivity index (χ0v) is 12.5. The minimum atomic E-state index is 0.0126. The smallest absolute Gasteiger partial charge is 0.290 e. The molecule has 1 saturated heterocycles. The summed E-state index contributed by atoms with van der Waals surface area (Å²) in [4.78, 5) is 14.6. The zero-order chi connectivity index (χ0) is 14.8. The van der Waals surface area contributed by atoms with Crippen LogP contribution in [0.25, 0.3) is 0 Å². The standard InChI is InChI=1S/C16H21N3O2/c1-3-13-6-5-12(2)19(13)16(20)15-8-7-14(21-15)11-18-10-4-9-17-18/h4,7-10,12-13H,3,5-6,11H2,1-2H3/t12-,13-/m1/s1. The summed E-state index contributed by atoms with van der Waals surface area (Å²) < 4.78 is 7.50. The van der Waals surface area contributed by atoms with E-state index in [2.05, 4.69) is 18.9 Å². The van der Waals surface area contributed by atoms with Gasteiger partial charge >= 0.3 is 0 Å². The van der Waals surface area contributed by atoms with Gasteiger partial charge in [0.05, 0.1) is 6.54 Å². The Morgan fingerprint density at radius 1 is 1.43 bits per heavy atom. The molecule has 0 aromatic carbocycles. The Bertz CT molecular complexity index is 603. The third-order valence-corrected chi connectivity index (χ3v) is 4.24. The molecule has 0 aliphatic carbocycles. The van der Waals surface area contributed by atoms with E-state index < -0.39 is 0 Å². The lowest BCUT2D eigenvalue weighted by atomic mass is 10.1. The average Bonchev–Trinajstić information content (AvgIpc) is 3.19. The molecule has 21 heavy (non-hydrogen) atoms. The number of rotatable bonds is 4. The Hall–Kier alpha value is -2.04. The van der Waals surface area contributed by atoms with Gasteiger partial charge in [-0.2, -0.15) is 5.10 Å². The molecule has 0 spiro atoms. The summed E-state index contributed by atoms with van der Waals surface area (Å²) in [5.74, 6) is 1.20. The molecule has 1 amide bonds. The fourth-order valence-corrected chi connectivity index (χ4v) is 3.10. The molecule has 3 heterocycles. The van der Waals surface area contributed by atoms with Crippen LogP contribution in [0.4, 0.5) is 0 Å². The Labute approximate surface area is 124 Å². The Balaban J connectivity index is 1.74. The SMILES string of the molecule is CC[C@@H]1CC[C@@H](C)N1C(=O)c1ccc(Cn2cccn2)o1. The van der Waals surface area contributed by atoms with Crippen LogP contribution in [0, 0.1) is 0 Å². The summed E-state index contributed by atoms with van der Waals surface area (Å²) in [7, 11) is 0. The third-order valence-electron chi connectivity index (χ3n) is 4.24. The quantitative estimate of drug-likeness (QED) is 0.868. The molecule has 5 heteroatoms. The van der Waals surface area contributed by atoms with Crippen molar-refractivity contribution < 1.29 is 9.21 Å². The van der Waals surface area contributed by atoms with Crippen LogP contribution >= 0.6 is 0 Å². The highest BCUT2D eigenvalue weighted by Gasteiger charge is 2.34. The lowest BCUT2D eigenvalue weighted by molar-refractivity contribution is 0.0641. The number of aromatic nitrogens is 2. The highest BCUT2D eigenvalue weighted by molar-refractivity contribution is 5.92. The van der Waals surface area contributed by atoms with E-state index in [1.54, 1.807) is 16.9 Å². The first-order valence-electron chi connectivity index (χ1n) is 7.58. The predicted octanol–water partition coefficient (Wildman–Crippen LogP) is 2.93. The maximum absolute atomic E-state index is 12.7. The summed E-state index contributed by atoms with van der Waals surface area (Å²) in [6.07, 6.45) is 6.76. The summed E-state index contributed by atoms with van der Waals surface area (Å²) in [5.41, 5.74) is 0. The van der Waals surface area contributed by atoms with Crippen molar-refractivity contribution >= 4 is 5.91 Å². The normalized spacial score (nSPS) is 21.9. The van der Waals surface area contributed by atoms with Gasteiger partial charge in [-0.3, -0.25) is 9.48 Å². The molecule has 0 saturated carbocycles. The van der Waals surface area contributed by atoms with Crippen molar-refractivity contribution in [3.63, 3.8) is 0 Å². The molecule has 3 rings (SSSR count). The van der Waals surface area contributed by atoms with Crippen LogP contribution in [0.3, 0.4) is 0 Å². The fourth-order valence-electron chi connectivity index (χ4n) is 3.10. The molecule has 0 bridgehead atoms. The number of carbonyl (C=O) groups excluding carboxylic acids is 1. The molecular formula is C16H21N3O2. The minimum absolute atomic E-state index is 0.0126. The lowest BCUT2D eigenvalue weighted by Crippen LogP contribution is -2.39. The number of amides is 1. The van der Waals surface area contributed by atoms with Gasteiger partial charge in [-0.25, -0.2) is 0 Å². The van der Waals surface area contributed by atoms with Crippen LogP contribution in [-0.4, -0.2) is 32.7 Å². The van der Waals surface area contributed by atoms with Gasteiger partial charge in [0.15, 0.2) is 5.76 Å². The van der Waals surface area contributed by atoms with E-state index in [-0.39, 0.29) is 5.91 Å². The van der Waals surface area contributed by atoms with Gasteiger partial charge in [0.25, 0.3) is 5.91 Å². The molecule has 112 valence electrons. The molecule has 1 aliphatic rings. The van der Waals surface area contributed by atoms with Crippen LogP contribution in [0.2, 0.25) is 0 Å². The van der Waals surface area contributed by atoms with E-state index in [4.69, 9.17) is 4.42 Å². The molecule has 0 unspecified atom stereocenters. The molecule has 0 radical (unpaired) electrons. The first-order valence-corrected chi connectivity index (χ1v) is 7.58. The van der Waals surface area contributed by atoms with Gasteiger partial charge in [-0.05, 0) is 44.4 Å². The van der Waals surface area contributed by atoms with E-state index in [1.807, 2.05) is 23.2 Å². The molecule has 0 N–H and O–H groups in total. The van der Waals surface area contributed by atoms with Gasteiger partial charge in [-0.1, -0.05) is 6.92 Å². The van der Waals surface area contributed by atoms with Gasteiger partial charge in [0, 0.05) is 24.5 Å². The van der Waals surface area contributed by atoms with Crippen molar-refractivity contribution in [1.82, 2.24) is 14.7 Å². The van der Waals surface area contributed by atoms with E-state index in [1.165, 1.54) is 0 Å². The second-order valence-electron chi connectivity index (χ2n) is 5.67. The maximum atomic E-state index is 12.7. The summed E-state index contributed by atoms with van der Waals surface area (Å²) >= 11 is 0. The van der Waals surface area contributed by atoms with Gasteiger partial charge in [-0.15, -0.1) is 0 Å². The van der Waals surface area contributed by atoms with Gasteiger partial charge < -0.3 is 9.32 Å². The van der Waals surface area contributed by atoms with Crippen molar-refractivity contribution in [2.45, 2.75) is 51.7 Å². The Morgan fingerprint density at radius 3 is 3.00 bits per heavy atom. The van der Waals surface area contributed by atoms with Gasteiger partial charge in [0.1, 0.15) is 5.76 Å². The monoisotopic (exact) mass is 287 g/mol. The fraction of sp³-hybridized carbons (Fsp3) is 0.500. The van der Waals surface area contributed by atoms with Crippen molar-refractivity contribution in [3.8, 4) is 0 Å². The molecule has 2 aromatic heterocycles. The molecule has 5 nitrogen and oxygen atoms in total. The predicted molar refractivity (Wildman–Crippen MR) is 79.0 cm³/mol. The number of nitrogens with zero attached hydrogens (tertiary/aromatic N) is 3. The van der Waals surface area contributed by atoms with Crippen molar-refractivity contribution in [2.24, 2.45) is 0 Å². The average molecular weight is 287 g/mol. The van der Waals surface area contributed by atoms with Crippen molar-refractivity contribution in [3.05, 3.63) is 42.1 Å². The van der Waals surface area contributed by atoms with E-state index >= 15 is 0 Å². The van der Waals surface area contributed by atoms with E-state index in [0.717, 1.165) is 25.0 Å². The largest absolute Gasteiger partial charge is 0.454 e. The number of likely N-dealkylation sites (tertiary alicyclic amines) is 1. The maximum Gasteiger partial charge on any atom is 0.290 e. The second-order valence-corrected chi connectivity index (χ2v) is 5.67. The summed E-state index contributed by atoms with van der Waals surface area (Å²) in [6.45, 7) is 4.79. The number of hydrogen-bond acceptors (Lipinski definition) is 3. The highest BCUT2D eigenvalue weighted by atomic mass is 16.4. The number of furan rings is 1. The molecule has 1 aliphatic heterocycles. The van der Waals surface area contributed by atoms with Crippen LogP contribution in [0.1, 0.15) is 49.4 Å². The van der Waals surface area contributed by atoms with E-state index in [9.17, 15) is 4.79 Å². The number of hydrogen-bond donors (Lipinski definition) is 0. The van der Waals surface area contributed by atoms with Crippen LogP contribution < -0.4 is 0 Å². The van der Waals surface area contributed by atoms with Crippen molar-refractivity contribution in [2.75, 3.05) is 0 Å². The highest BCUT2D eigenvalue weighted by Crippen LogP contribution is 2.28. The topological polar surface area (TPSA) is 51.3 Å². The molecule has 2 atom stereocenters. The summed E-state index contributed by atoms with van der Waals surface area (Å²) in [5, 5.41) is 4.14. The van der Waals surface area contributed by atoms with Crippen LogP contribution in [0.5, 0.6) is 0 Å². The first-order chi connectivity index (χ1) is 10.2. The first kappa shape index (κ1) is 13.9. The van der Waals surface area contributed by atoms with Crippen molar-refractivity contribution in [1.29, 1.82) is 0 Å². The molecule has 2 aromatic rings. The Kier molecular flexibility index (Phi) is 3.82. The number of carbonyl (C=O) groups is 1. The zero-order valence-electron chi connectivity index (χ0n) is 12.5. The van der Waals surface area contributed by atoms with Crippen LogP contribution in [0.15, 0.2) is 35.0 Å². The summed E-state index contributed by atoms with van der Waals surface area (Å²) in [6, 6.07) is 6.14. The lowest BCUT2D eigenvalue weighted by Gasteiger charge is -2.26. The Morgan fingerprint density at radius 2 is 2.29 bits per heavy atom. The van der Waals surface area contributed by atoms with E-state index in [0.29, 0.717) is 24.4 Å². The second kappa shape index (κ2) is 5.76.